The van der Waals surface area contributed by atoms with Crippen molar-refractivity contribution in [1.29, 1.82) is 5.26 Å². The van der Waals surface area contributed by atoms with E-state index in [1.54, 1.807) is 12.1 Å². The van der Waals surface area contributed by atoms with Crippen molar-refractivity contribution in [2.45, 2.75) is 6.54 Å². The maximum Gasteiger partial charge on any atom is 0.140 e. The van der Waals surface area contributed by atoms with E-state index >= 15 is 0 Å². The largest absolute Gasteiger partial charge is 0.369 e. The van der Waals surface area contributed by atoms with Crippen LogP contribution in [-0.4, -0.2) is 31.1 Å². The fourth-order valence-corrected chi connectivity index (χ4v) is 2.82. The SMILES string of the molecule is N#Cc1cc(CN2CCN(c3ccccc3)CC2)ccc1F. The number of para-hydroxylation sites is 1. The number of benzene rings is 2. The Bertz CT molecular complexity index is 670. The monoisotopic (exact) mass is 295 g/mol. The average Bonchev–Trinajstić information content (AvgIpc) is 2.58. The van der Waals surface area contributed by atoms with Gasteiger partial charge < -0.3 is 4.90 Å². The fourth-order valence-electron chi connectivity index (χ4n) is 2.82. The second-order valence-corrected chi connectivity index (χ2v) is 5.52. The van der Waals surface area contributed by atoms with Crippen LogP contribution >= 0.6 is 0 Å². The van der Waals surface area contributed by atoms with Crippen LogP contribution in [0.2, 0.25) is 0 Å². The summed E-state index contributed by atoms with van der Waals surface area (Å²) in [5, 5.41) is 8.90. The summed E-state index contributed by atoms with van der Waals surface area (Å²) in [5.41, 5.74) is 2.38. The lowest BCUT2D eigenvalue weighted by atomic mass is 10.1. The van der Waals surface area contributed by atoms with E-state index in [4.69, 9.17) is 5.26 Å². The smallest absolute Gasteiger partial charge is 0.140 e. The molecule has 0 amide bonds. The van der Waals surface area contributed by atoms with E-state index in [2.05, 4.69) is 34.1 Å². The van der Waals surface area contributed by atoms with Crippen LogP contribution in [-0.2, 0) is 6.54 Å². The molecule has 4 heteroatoms. The van der Waals surface area contributed by atoms with Gasteiger partial charge in [0, 0.05) is 38.4 Å². The quantitative estimate of drug-likeness (QED) is 0.872. The van der Waals surface area contributed by atoms with Crippen molar-refractivity contribution in [2.75, 3.05) is 31.1 Å². The number of rotatable bonds is 3. The molecule has 0 atom stereocenters. The second kappa shape index (κ2) is 6.59. The van der Waals surface area contributed by atoms with Crippen LogP contribution in [0.5, 0.6) is 0 Å². The van der Waals surface area contributed by atoms with Crippen molar-refractivity contribution >= 4 is 5.69 Å². The normalized spacial score (nSPS) is 15.5. The minimum Gasteiger partial charge on any atom is -0.369 e. The number of hydrogen-bond acceptors (Lipinski definition) is 3. The van der Waals surface area contributed by atoms with Gasteiger partial charge in [0.25, 0.3) is 0 Å². The average molecular weight is 295 g/mol. The zero-order valence-electron chi connectivity index (χ0n) is 12.4. The van der Waals surface area contributed by atoms with Crippen molar-refractivity contribution in [3.8, 4) is 6.07 Å². The lowest BCUT2D eigenvalue weighted by molar-refractivity contribution is 0.250. The topological polar surface area (TPSA) is 30.3 Å². The third-order valence-corrected chi connectivity index (χ3v) is 4.05. The molecule has 0 saturated carbocycles. The molecule has 22 heavy (non-hydrogen) atoms. The number of nitrogens with zero attached hydrogens (tertiary/aromatic N) is 3. The van der Waals surface area contributed by atoms with Gasteiger partial charge in [0.15, 0.2) is 0 Å². The molecule has 1 aliphatic rings. The van der Waals surface area contributed by atoms with Gasteiger partial charge in [-0.3, -0.25) is 4.90 Å². The first kappa shape index (κ1) is 14.6. The maximum atomic E-state index is 13.3. The molecule has 2 aromatic rings. The van der Waals surface area contributed by atoms with Crippen LogP contribution in [0.15, 0.2) is 48.5 Å². The Kier molecular flexibility index (Phi) is 4.36. The van der Waals surface area contributed by atoms with E-state index in [1.807, 2.05) is 12.1 Å². The standard InChI is InChI=1S/C18H18FN3/c19-18-7-6-15(12-16(18)13-20)14-21-8-10-22(11-9-21)17-4-2-1-3-5-17/h1-7,12H,8-11,14H2. The first-order chi connectivity index (χ1) is 10.8. The fraction of sp³-hybridized carbons (Fsp3) is 0.278. The van der Waals surface area contributed by atoms with Crippen LogP contribution in [0.1, 0.15) is 11.1 Å². The van der Waals surface area contributed by atoms with Gasteiger partial charge in [0.2, 0.25) is 0 Å². The van der Waals surface area contributed by atoms with Gasteiger partial charge in [-0.2, -0.15) is 5.26 Å². The highest BCUT2D eigenvalue weighted by atomic mass is 19.1. The van der Waals surface area contributed by atoms with Crippen LogP contribution < -0.4 is 4.90 Å². The van der Waals surface area contributed by atoms with Gasteiger partial charge in [-0.05, 0) is 29.8 Å². The molecule has 112 valence electrons. The van der Waals surface area contributed by atoms with E-state index < -0.39 is 5.82 Å². The van der Waals surface area contributed by atoms with Crippen LogP contribution in [0.25, 0.3) is 0 Å². The summed E-state index contributed by atoms with van der Waals surface area (Å²) in [6.45, 7) is 4.66. The molecule has 1 heterocycles. The molecule has 1 fully saturated rings. The molecular formula is C18H18FN3. The van der Waals surface area contributed by atoms with Gasteiger partial charge in [0.05, 0.1) is 5.56 Å². The van der Waals surface area contributed by atoms with Crippen molar-refractivity contribution in [1.82, 2.24) is 4.90 Å². The Labute approximate surface area is 130 Å². The number of nitriles is 1. The summed E-state index contributed by atoms with van der Waals surface area (Å²) in [6.07, 6.45) is 0. The Morgan fingerprint density at radius 3 is 2.41 bits per heavy atom. The van der Waals surface area contributed by atoms with Crippen molar-refractivity contribution < 1.29 is 4.39 Å². The molecule has 0 spiro atoms. The minimum atomic E-state index is -0.444. The first-order valence-corrected chi connectivity index (χ1v) is 7.47. The Hall–Kier alpha value is -2.38. The third kappa shape index (κ3) is 3.26. The zero-order chi connectivity index (χ0) is 15.4. The summed E-state index contributed by atoms with van der Waals surface area (Å²) in [4.78, 5) is 4.72. The molecule has 3 rings (SSSR count). The van der Waals surface area contributed by atoms with E-state index in [1.165, 1.54) is 11.8 Å². The summed E-state index contributed by atoms with van der Waals surface area (Å²) in [5.74, 6) is -0.444. The van der Waals surface area contributed by atoms with Crippen LogP contribution in [0.3, 0.4) is 0 Å². The van der Waals surface area contributed by atoms with E-state index in [0.29, 0.717) is 0 Å². The van der Waals surface area contributed by atoms with Crippen molar-refractivity contribution in [3.05, 3.63) is 65.5 Å². The molecule has 0 N–H and O–H groups in total. The van der Waals surface area contributed by atoms with E-state index in [-0.39, 0.29) is 5.56 Å². The molecule has 1 aliphatic heterocycles. The van der Waals surface area contributed by atoms with Crippen LogP contribution in [0.4, 0.5) is 10.1 Å². The maximum absolute atomic E-state index is 13.3. The van der Waals surface area contributed by atoms with Crippen molar-refractivity contribution in [2.24, 2.45) is 0 Å². The molecule has 0 aliphatic carbocycles. The Balaban J connectivity index is 1.59. The highest BCUT2D eigenvalue weighted by Gasteiger charge is 2.17. The van der Waals surface area contributed by atoms with Crippen LogP contribution in [0, 0.1) is 17.1 Å². The first-order valence-electron chi connectivity index (χ1n) is 7.47. The summed E-state index contributed by atoms with van der Waals surface area (Å²) < 4.78 is 13.3. The predicted molar refractivity (Wildman–Crippen MR) is 85.0 cm³/mol. The van der Waals surface area contributed by atoms with Gasteiger partial charge in [-0.15, -0.1) is 0 Å². The molecule has 2 aromatic carbocycles. The van der Waals surface area contributed by atoms with Gasteiger partial charge >= 0.3 is 0 Å². The predicted octanol–water partition coefficient (Wildman–Crippen LogP) is 3.02. The van der Waals surface area contributed by atoms with Gasteiger partial charge in [0.1, 0.15) is 11.9 Å². The lowest BCUT2D eigenvalue weighted by Gasteiger charge is -2.36. The number of anilines is 1. The second-order valence-electron chi connectivity index (χ2n) is 5.52. The highest BCUT2D eigenvalue weighted by molar-refractivity contribution is 5.46. The summed E-state index contributed by atoms with van der Waals surface area (Å²) >= 11 is 0. The summed E-state index contributed by atoms with van der Waals surface area (Å²) in [7, 11) is 0. The minimum absolute atomic E-state index is 0.125. The third-order valence-electron chi connectivity index (χ3n) is 4.05. The Morgan fingerprint density at radius 2 is 1.73 bits per heavy atom. The molecular weight excluding hydrogens is 277 g/mol. The van der Waals surface area contributed by atoms with Gasteiger partial charge in [-0.25, -0.2) is 4.39 Å². The molecule has 1 saturated heterocycles. The number of hydrogen-bond donors (Lipinski definition) is 0. The molecule has 0 unspecified atom stereocenters. The highest BCUT2D eigenvalue weighted by Crippen LogP contribution is 2.17. The Morgan fingerprint density at radius 1 is 1.00 bits per heavy atom. The molecule has 0 bridgehead atoms. The molecule has 3 nitrogen and oxygen atoms in total. The van der Waals surface area contributed by atoms with E-state index in [9.17, 15) is 4.39 Å². The van der Waals surface area contributed by atoms with E-state index in [0.717, 1.165) is 38.3 Å². The number of piperazine rings is 1. The number of halogens is 1. The molecule has 0 radical (unpaired) electrons. The summed E-state index contributed by atoms with van der Waals surface area (Å²) in [6, 6.07) is 17.1. The lowest BCUT2D eigenvalue weighted by Crippen LogP contribution is -2.45. The van der Waals surface area contributed by atoms with Gasteiger partial charge in [-0.1, -0.05) is 24.3 Å². The zero-order valence-corrected chi connectivity index (χ0v) is 12.4. The van der Waals surface area contributed by atoms with Crippen molar-refractivity contribution in [3.63, 3.8) is 0 Å². The molecule has 0 aromatic heterocycles.